The van der Waals surface area contributed by atoms with E-state index in [1.807, 2.05) is 50.1 Å². The summed E-state index contributed by atoms with van der Waals surface area (Å²) in [5.41, 5.74) is -0.0334. The first-order valence-corrected chi connectivity index (χ1v) is 32.8. The standard InChI is InChI=1S/C33H30ClF2N7O2S.C31H29F3N8O3S.C2H6/c1-41-11-4-7-21(41)19-45-33-39-30-23(18-38-29(28(30)36)22-8-2-5-20-6-3-9-24(34)27(20)22)31(40-33)42-12-14-43(15-13-42)32(44)25(35)17-26-37-10-16-46-26;1-40-9-2-3-19(40)17-45-31-38-28-22(15-37-27(26(28)34)21-13-20(43)4-5-23(21)32)29(39-31)41-10-11-42(18(16-41)6-7-35)30(44)24(33)14-25-36-8-12-46-25;1-2/h2-3,5-6,8-10,16-18,21H,4,7,11-15,19H2,1H3;4-5,8,12-15,18-19,43H,2-3,6,9-11,16-17H2,1H3;1-2H3/b25-17-;24-14-;. The number of halogens is 6. The molecule has 28 heteroatoms. The second-order valence-electron chi connectivity index (χ2n) is 22.5. The molecule has 94 heavy (non-hydrogen) atoms. The van der Waals surface area contributed by atoms with Crippen molar-refractivity contribution in [3.8, 4) is 46.4 Å². The molecular formula is C66H65ClF5N15O5S2. The number of hydrogen-bond acceptors (Lipinski definition) is 20. The van der Waals surface area contributed by atoms with Gasteiger partial charge in [-0.15, -0.1) is 22.7 Å². The fraction of sp³-hybridized carbons (Fsp3) is 0.348. The van der Waals surface area contributed by atoms with Gasteiger partial charge < -0.3 is 44.0 Å². The molecule has 10 heterocycles. The van der Waals surface area contributed by atoms with E-state index >= 15 is 8.78 Å². The third-order valence-corrected chi connectivity index (χ3v) is 18.6. The lowest BCUT2D eigenvalue weighted by atomic mass is 10.0. The number of hydrogen-bond donors (Lipinski definition) is 1. The zero-order valence-electron chi connectivity index (χ0n) is 51.7. The maximum atomic E-state index is 16.6. The lowest BCUT2D eigenvalue weighted by molar-refractivity contribution is -0.131. The molecule has 1 N–H and O–H groups in total. The number of piperazine rings is 2. The summed E-state index contributed by atoms with van der Waals surface area (Å²) in [4.78, 5) is 71.7. The highest BCUT2D eigenvalue weighted by Crippen LogP contribution is 2.39. The number of benzene rings is 3. The molecule has 3 aromatic carbocycles. The number of thiazole rings is 2. The fourth-order valence-corrected chi connectivity index (χ4v) is 13.3. The molecule has 6 aromatic heterocycles. The van der Waals surface area contributed by atoms with Gasteiger partial charge in [0.15, 0.2) is 23.3 Å². The van der Waals surface area contributed by atoms with E-state index in [2.05, 4.69) is 57.8 Å². The summed E-state index contributed by atoms with van der Waals surface area (Å²) in [7, 11) is 4.04. The SMILES string of the molecule is CC.CN1CCCC1COc1nc(N2CCN(C(=O)/C(F)=C/c3nccs3)C(CC#N)C2)c2cnc(-c3cc(O)ccc3F)c(F)c2n1.CN1CCCC1COc1nc(N2CCN(C(=O)/C(F)=C/c3nccs3)CC2)c2cnc(-c3cccc4cccc(Cl)c34)c(F)c2n1. The summed E-state index contributed by atoms with van der Waals surface area (Å²) in [6, 6.07) is 15.9. The summed E-state index contributed by atoms with van der Waals surface area (Å²) < 4.78 is 89.3. The van der Waals surface area contributed by atoms with Gasteiger partial charge in [-0.2, -0.15) is 25.2 Å². The molecule has 0 spiro atoms. The molecule has 4 aliphatic rings. The molecule has 0 radical (unpaired) electrons. The Morgan fingerprint density at radius 3 is 1.77 bits per heavy atom. The van der Waals surface area contributed by atoms with Gasteiger partial charge in [0.25, 0.3) is 11.8 Å². The summed E-state index contributed by atoms with van der Waals surface area (Å²) in [5.74, 6) is -5.34. The van der Waals surface area contributed by atoms with E-state index in [1.54, 1.807) is 40.2 Å². The Hall–Kier alpha value is -9.07. The van der Waals surface area contributed by atoms with Crippen LogP contribution in [-0.2, 0) is 9.59 Å². The van der Waals surface area contributed by atoms with Crippen LogP contribution in [0.4, 0.5) is 33.6 Å². The highest BCUT2D eigenvalue weighted by molar-refractivity contribution is 7.10. The number of phenols is 1. The van der Waals surface area contributed by atoms with Crippen LogP contribution in [0.2, 0.25) is 5.02 Å². The predicted molar refractivity (Wildman–Crippen MR) is 352 cm³/mol. The number of aromatic hydroxyl groups is 1. The molecule has 3 unspecified atom stereocenters. The van der Waals surface area contributed by atoms with Crippen molar-refractivity contribution in [3.05, 3.63) is 134 Å². The van der Waals surface area contributed by atoms with Gasteiger partial charge in [0, 0.05) is 127 Å². The van der Waals surface area contributed by atoms with E-state index < -0.39 is 47.0 Å². The number of nitriles is 1. The number of phenolic OH excluding ortho intramolecular Hbond substituents is 1. The average Bonchev–Trinajstić information content (AvgIpc) is 1.20. The Morgan fingerprint density at radius 1 is 0.681 bits per heavy atom. The summed E-state index contributed by atoms with van der Waals surface area (Å²) in [6.45, 7) is 7.98. The van der Waals surface area contributed by atoms with Gasteiger partial charge in [-0.1, -0.05) is 55.8 Å². The van der Waals surface area contributed by atoms with Gasteiger partial charge in [-0.05, 0) is 82.5 Å². The Morgan fingerprint density at radius 2 is 1.22 bits per heavy atom. The summed E-state index contributed by atoms with van der Waals surface area (Å²) in [5, 5.41) is 26.3. The van der Waals surface area contributed by atoms with Crippen LogP contribution in [0.5, 0.6) is 17.8 Å². The average molecular weight is 1340 g/mol. The van der Waals surface area contributed by atoms with Crippen molar-refractivity contribution in [2.45, 2.75) is 64.1 Å². The topological polar surface area (TPSA) is 219 Å². The monoisotopic (exact) mass is 1340 g/mol. The second-order valence-corrected chi connectivity index (χ2v) is 24.7. The van der Waals surface area contributed by atoms with E-state index in [0.29, 0.717) is 56.9 Å². The zero-order valence-corrected chi connectivity index (χ0v) is 54.1. The smallest absolute Gasteiger partial charge is 0.319 e. The number of aromatic nitrogens is 8. The Kier molecular flexibility index (Phi) is 21.1. The number of nitrogens with zero attached hydrogens (tertiary/aromatic N) is 15. The Balaban J connectivity index is 0.000000187. The minimum atomic E-state index is -0.996. The molecular weight excluding hydrogens is 1280 g/mol. The number of anilines is 2. The lowest BCUT2D eigenvalue weighted by Crippen LogP contribution is -2.55. The van der Waals surface area contributed by atoms with Crippen LogP contribution in [0.15, 0.2) is 102 Å². The van der Waals surface area contributed by atoms with Crippen molar-refractivity contribution >= 4 is 102 Å². The number of carbonyl (C=O) groups excluding carboxylic acids is 2. The molecule has 488 valence electrons. The van der Waals surface area contributed by atoms with E-state index in [9.17, 15) is 33.1 Å². The van der Waals surface area contributed by atoms with Crippen LogP contribution in [0.3, 0.4) is 0 Å². The Labute approximate surface area is 551 Å². The molecule has 0 aliphatic carbocycles. The van der Waals surface area contributed by atoms with Gasteiger partial charge in [0.05, 0.1) is 29.3 Å². The maximum absolute atomic E-state index is 16.6. The maximum Gasteiger partial charge on any atom is 0.319 e. The summed E-state index contributed by atoms with van der Waals surface area (Å²) in [6.07, 6.45) is 12.1. The highest BCUT2D eigenvalue weighted by Gasteiger charge is 2.36. The molecule has 4 saturated heterocycles. The van der Waals surface area contributed by atoms with Gasteiger partial charge in [0.1, 0.15) is 68.9 Å². The highest BCUT2D eigenvalue weighted by atomic mass is 35.5. The largest absolute Gasteiger partial charge is 0.508 e. The third kappa shape index (κ3) is 14.5. The number of likely N-dealkylation sites (tertiary alicyclic amines) is 2. The molecule has 4 aliphatic heterocycles. The number of rotatable bonds is 15. The normalized spacial score (nSPS) is 18.1. The van der Waals surface area contributed by atoms with Crippen LogP contribution in [-0.4, -0.2) is 181 Å². The molecule has 3 atom stereocenters. The number of ether oxygens (including phenoxy) is 2. The first kappa shape index (κ1) is 66.4. The van der Waals surface area contributed by atoms with Crippen LogP contribution in [0, 0.1) is 28.8 Å². The summed E-state index contributed by atoms with van der Waals surface area (Å²) >= 11 is 9.01. The number of amides is 2. The van der Waals surface area contributed by atoms with Gasteiger partial charge in [-0.25, -0.2) is 31.9 Å². The van der Waals surface area contributed by atoms with Gasteiger partial charge >= 0.3 is 12.0 Å². The number of fused-ring (bicyclic) bond motifs is 3. The first-order chi connectivity index (χ1) is 45.6. The van der Waals surface area contributed by atoms with Gasteiger partial charge in [0.2, 0.25) is 0 Å². The number of pyridine rings is 2. The molecule has 0 saturated carbocycles. The van der Waals surface area contributed by atoms with Gasteiger partial charge in [-0.3, -0.25) is 19.6 Å². The van der Waals surface area contributed by atoms with E-state index in [0.717, 1.165) is 74.5 Å². The lowest BCUT2D eigenvalue weighted by Gasteiger charge is -2.41. The van der Waals surface area contributed by atoms with Crippen LogP contribution in [0.25, 0.3) is 67.2 Å². The number of carbonyl (C=O) groups is 2. The predicted octanol–water partition coefficient (Wildman–Crippen LogP) is 11.8. The molecule has 9 aromatic rings. The molecule has 20 nitrogen and oxygen atoms in total. The van der Waals surface area contributed by atoms with Crippen LogP contribution in [0.1, 0.15) is 56.0 Å². The fourth-order valence-electron chi connectivity index (χ4n) is 11.9. The number of likely N-dealkylation sites (N-methyl/N-ethyl adjacent to an activating group) is 2. The van der Waals surface area contributed by atoms with E-state index in [-0.39, 0.29) is 115 Å². The van der Waals surface area contributed by atoms with Crippen molar-refractivity contribution in [1.29, 1.82) is 5.26 Å². The van der Waals surface area contributed by atoms with Crippen molar-refractivity contribution in [2.75, 3.05) is 96.0 Å². The minimum Gasteiger partial charge on any atom is -0.508 e. The zero-order chi connectivity index (χ0) is 66.2. The molecule has 4 fully saturated rings. The third-order valence-electron chi connectivity index (χ3n) is 16.8. The first-order valence-electron chi connectivity index (χ1n) is 30.7. The van der Waals surface area contributed by atoms with E-state index in [4.69, 9.17) is 26.1 Å². The van der Waals surface area contributed by atoms with Crippen molar-refractivity contribution in [2.24, 2.45) is 0 Å². The molecule has 2 amide bonds. The van der Waals surface area contributed by atoms with Crippen molar-refractivity contribution in [3.63, 3.8) is 0 Å². The second kappa shape index (κ2) is 29.9. The minimum absolute atomic E-state index is 0.0430. The van der Waals surface area contributed by atoms with E-state index in [1.165, 1.54) is 44.9 Å². The Bertz CT molecular complexity index is 4330. The van der Waals surface area contributed by atoms with Crippen molar-refractivity contribution < 1.29 is 46.1 Å². The quantitative estimate of drug-likeness (QED) is 0.0745. The van der Waals surface area contributed by atoms with Crippen molar-refractivity contribution in [1.82, 2.24) is 59.5 Å². The van der Waals surface area contributed by atoms with Crippen LogP contribution < -0.4 is 19.3 Å². The molecule has 0 bridgehead atoms. The molecule has 13 rings (SSSR count). The van der Waals surface area contributed by atoms with Crippen LogP contribution >= 0.6 is 34.3 Å².